The van der Waals surface area contributed by atoms with Crippen molar-refractivity contribution in [1.82, 2.24) is 49.9 Å². The minimum atomic E-state index is -0.0172. The summed E-state index contributed by atoms with van der Waals surface area (Å²) in [4.78, 5) is 12.8. The summed E-state index contributed by atoms with van der Waals surface area (Å²) in [5.74, 6) is 6.08. The van der Waals surface area contributed by atoms with Gasteiger partial charge in [0.05, 0.1) is 24.1 Å². The van der Waals surface area contributed by atoms with Crippen molar-refractivity contribution >= 4 is 0 Å². The molecule has 3 aromatic rings. The Kier molecular flexibility index (Phi) is 11.9. The minimum Gasteiger partial charge on any atom is -0.457 e. The van der Waals surface area contributed by atoms with Crippen LogP contribution in [-0.2, 0) is 19.8 Å². The smallest absolute Gasteiger partial charge is 0.326 e. The van der Waals surface area contributed by atoms with Crippen molar-refractivity contribution in [3.8, 4) is 18.0 Å². The monoisotopic (exact) mass is 558 g/mol. The van der Waals surface area contributed by atoms with E-state index in [1.807, 2.05) is 19.3 Å². The third-order valence-electron chi connectivity index (χ3n) is 6.10. The first-order valence-corrected chi connectivity index (χ1v) is 13.7. The van der Waals surface area contributed by atoms with Crippen molar-refractivity contribution in [2.75, 3.05) is 6.61 Å². The summed E-state index contributed by atoms with van der Waals surface area (Å²) in [6, 6.07) is 0.358. The molecule has 0 aliphatic heterocycles. The van der Waals surface area contributed by atoms with Gasteiger partial charge in [0.15, 0.2) is 0 Å². The van der Waals surface area contributed by atoms with Crippen LogP contribution in [0, 0.1) is 0 Å². The summed E-state index contributed by atoms with van der Waals surface area (Å²) in [6.07, 6.45) is 10.3. The van der Waals surface area contributed by atoms with Gasteiger partial charge in [-0.2, -0.15) is 0 Å². The molecular weight excluding hydrogens is 516 g/mol. The van der Waals surface area contributed by atoms with E-state index in [4.69, 9.17) is 25.8 Å². The molecule has 220 valence electrons. The minimum absolute atomic E-state index is 0.00394. The first-order chi connectivity index (χ1) is 19.3. The maximum absolute atomic E-state index is 6.12. The summed E-state index contributed by atoms with van der Waals surface area (Å²) < 4.78 is 20.9. The summed E-state index contributed by atoms with van der Waals surface area (Å²) >= 11 is 0. The van der Waals surface area contributed by atoms with E-state index in [0.29, 0.717) is 17.1 Å². The van der Waals surface area contributed by atoms with Crippen LogP contribution in [0.25, 0.3) is 0 Å². The molecule has 40 heavy (non-hydrogen) atoms. The van der Waals surface area contributed by atoms with Gasteiger partial charge < -0.3 is 25.0 Å². The van der Waals surface area contributed by atoms with Crippen molar-refractivity contribution in [3.63, 3.8) is 0 Å². The van der Waals surface area contributed by atoms with Gasteiger partial charge in [0, 0.05) is 18.8 Å². The maximum atomic E-state index is 6.12. The molecule has 3 heterocycles. The molecule has 0 bridgehead atoms. The Labute approximate surface area is 234 Å². The highest BCUT2D eigenvalue weighted by Gasteiger charge is 2.14. The number of aromatic nitrogens is 9. The van der Waals surface area contributed by atoms with Crippen LogP contribution in [0.2, 0.25) is 0 Å². The van der Waals surface area contributed by atoms with Crippen LogP contribution in [0.4, 0.5) is 0 Å². The third-order valence-corrected chi connectivity index (χ3v) is 6.10. The normalized spacial score (nSPS) is 13.2. The van der Waals surface area contributed by atoms with E-state index in [1.165, 1.54) is 0 Å². The second kappa shape index (κ2) is 15.5. The number of aryl methyl sites for hydroxylation is 1. The molecule has 0 saturated carbocycles. The highest BCUT2D eigenvalue weighted by Crippen LogP contribution is 2.17. The van der Waals surface area contributed by atoms with Gasteiger partial charge in [0.2, 0.25) is 0 Å². The zero-order valence-corrected chi connectivity index (χ0v) is 24.1. The van der Waals surface area contributed by atoms with E-state index in [0.717, 1.165) is 38.6 Å². The van der Waals surface area contributed by atoms with Crippen molar-refractivity contribution < 1.29 is 14.2 Å². The van der Waals surface area contributed by atoms with Gasteiger partial charge in [-0.1, -0.05) is 44.0 Å². The molecule has 2 unspecified atom stereocenters. The molecule has 15 nitrogen and oxygen atoms in total. The first-order valence-electron chi connectivity index (χ1n) is 13.7. The number of rotatable bonds is 18. The Morgan fingerprint density at radius 3 is 2.17 bits per heavy atom. The van der Waals surface area contributed by atoms with E-state index in [2.05, 4.69) is 63.3 Å². The van der Waals surface area contributed by atoms with Crippen LogP contribution in [0.1, 0.15) is 84.2 Å². The predicted molar refractivity (Wildman–Crippen MR) is 147 cm³/mol. The molecule has 0 spiro atoms. The Balaban J connectivity index is 1.70. The van der Waals surface area contributed by atoms with Crippen LogP contribution in [0.15, 0.2) is 24.3 Å². The number of hydrogen-bond acceptors (Lipinski definition) is 13. The SMILES string of the molecule is CCCCn1cc(COc2nc(OC/C(N)=C/N(N)C(C)CCC)nc(OCc3cn(C(C)CC)nn3)n2)nn1. The van der Waals surface area contributed by atoms with E-state index in [1.54, 1.807) is 20.6 Å². The first kappa shape index (κ1) is 30.5. The molecule has 0 saturated heterocycles. The number of nitrogens with two attached hydrogens (primary N) is 2. The largest absolute Gasteiger partial charge is 0.457 e. The Bertz CT molecular complexity index is 1200. The molecule has 0 amide bonds. The van der Waals surface area contributed by atoms with Crippen LogP contribution in [-0.4, -0.2) is 62.6 Å². The molecule has 3 aromatic heterocycles. The fourth-order valence-corrected chi connectivity index (χ4v) is 3.48. The Morgan fingerprint density at radius 2 is 1.55 bits per heavy atom. The molecule has 15 heteroatoms. The highest BCUT2D eigenvalue weighted by atomic mass is 16.5. The van der Waals surface area contributed by atoms with E-state index < -0.39 is 0 Å². The average molecular weight is 559 g/mol. The second-order valence-corrected chi connectivity index (χ2v) is 9.61. The molecule has 3 rings (SSSR count). The van der Waals surface area contributed by atoms with Crippen molar-refractivity contribution in [2.24, 2.45) is 11.6 Å². The second-order valence-electron chi connectivity index (χ2n) is 9.61. The van der Waals surface area contributed by atoms with E-state index in [-0.39, 0.29) is 49.9 Å². The van der Waals surface area contributed by atoms with Gasteiger partial charge >= 0.3 is 18.0 Å². The van der Waals surface area contributed by atoms with Crippen LogP contribution in [0.5, 0.6) is 18.0 Å². The van der Waals surface area contributed by atoms with E-state index in [9.17, 15) is 0 Å². The number of hydrazine groups is 1. The molecule has 0 aromatic carbocycles. The van der Waals surface area contributed by atoms with Gasteiger partial charge in [-0.3, -0.25) is 4.68 Å². The number of unbranched alkanes of at least 4 members (excludes halogenated alkanes) is 1. The number of hydrogen-bond donors (Lipinski definition) is 2. The maximum Gasteiger partial charge on any atom is 0.326 e. The number of ether oxygens (including phenoxy) is 3. The summed E-state index contributed by atoms with van der Waals surface area (Å²) in [5.41, 5.74) is 7.80. The fraction of sp³-hybridized carbons (Fsp3) is 0.640. The molecule has 0 radical (unpaired) electrons. The third kappa shape index (κ3) is 9.63. The predicted octanol–water partition coefficient (Wildman–Crippen LogP) is 2.53. The van der Waals surface area contributed by atoms with Gasteiger partial charge in [-0.05, 0) is 33.1 Å². The Hall–Kier alpha value is -4.01. The lowest BCUT2D eigenvalue weighted by atomic mass is 10.2. The van der Waals surface area contributed by atoms with Gasteiger partial charge in [-0.25, -0.2) is 10.5 Å². The van der Waals surface area contributed by atoms with Crippen molar-refractivity contribution in [2.45, 2.75) is 98.6 Å². The summed E-state index contributed by atoms with van der Waals surface area (Å²) in [5, 5.41) is 18.1. The van der Waals surface area contributed by atoms with Gasteiger partial charge in [0.1, 0.15) is 31.2 Å². The molecule has 0 aliphatic rings. The topological polar surface area (TPSA) is 183 Å². The molecular formula is C25H42N12O3. The summed E-state index contributed by atoms with van der Waals surface area (Å²) in [7, 11) is 0. The standard InChI is InChI=1S/C25H42N12O3/c1-6-9-11-35-13-21(31-33-35)16-39-24-28-23(38-15-20(26)12-36(27)19(5)10-7-2)29-25(30-24)40-17-22-14-37(34-32-22)18(4)8-3/h12-14,18-19H,6-11,15-17,26-27H2,1-5H3/b20-12-. The molecule has 0 fully saturated rings. The van der Waals surface area contributed by atoms with Crippen molar-refractivity contribution in [1.29, 1.82) is 0 Å². The lowest BCUT2D eigenvalue weighted by Crippen LogP contribution is -2.35. The average Bonchev–Trinajstić information content (AvgIpc) is 3.62. The number of nitrogens with zero attached hydrogens (tertiary/aromatic N) is 10. The molecule has 0 aliphatic carbocycles. The van der Waals surface area contributed by atoms with Gasteiger partial charge in [0.25, 0.3) is 0 Å². The summed E-state index contributed by atoms with van der Waals surface area (Å²) in [6.45, 7) is 11.4. The van der Waals surface area contributed by atoms with E-state index >= 15 is 0 Å². The van der Waals surface area contributed by atoms with Crippen LogP contribution < -0.4 is 25.8 Å². The van der Waals surface area contributed by atoms with Gasteiger partial charge in [-0.15, -0.1) is 25.1 Å². The lowest BCUT2D eigenvalue weighted by Gasteiger charge is -2.22. The quantitative estimate of drug-likeness (QED) is 0.172. The molecule has 4 N–H and O–H groups in total. The van der Waals surface area contributed by atoms with Crippen molar-refractivity contribution in [3.05, 3.63) is 35.7 Å². The van der Waals surface area contributed by atoms with Crippen LogP contribution >= 0.6 is 0 Å². The fourth-order valence-electron chi connectivity index (χ4n) is 3.48. The Morgan fingerprint density at radius 1 is 0.925 bits per heavy atom. The lowest BCUT2D eigenvalue weighted by molar-refractivity contribution is 0.227. The highest BCUT2D eigenvalue weighted by molar-refractivity contribution is 5.11. The zero-order chi connectivity index (χ0) is 28.9. The van der Waals surface area contributed by atoms with Crippen LogP contribution in [0.3, 0.4) is 0 Å². The molecule has 2 atom stereocenters. The zero-order valence-electron chi connectivity index (χ0n) is 24.1.